The molecule has 0 aliphatic heterocycles. The molecular weight excluding hydrogens is 394 g/mol. The monoisotopic (exact) mass is 414 g/mol. The third kappa shape index (κ3) is 4.50. The first-order valence-corrected chi connectivity index (χ1v) is 9.97. The predicted octanol–water partition coefficient (Wildman–Crippen LogP) is 3.02. The van der Waals surface area contributed by atoms with Crippen molar-refractivity contribution in [3.63, 3.8) is 0 Å². The number of anilines is 2. The summed E-state index contributed by atoms with van der Waals surface area (Å²) in [6, 6.07) is 5.56. The van der Waals surface area contributed by atoms with Gasteiger partial charge in [0.2, 0.25) is 10.0 Å². The molecule has 2 rings (SSSR count). The van der Waals surface area contributed by atoms with Crippen LogP contribution in [0.15, 0.2) is 30.3 Å². The molecule has 0 spiro atoms. The van der Waals surface area contributed by atoms with Crippen molar-refractivity contribution in [2.75, 3.05) is 36.6 Å². The van der Waals surface area contributed by atoms with E-state index < -0.39 is 27.6 Å². The largest absolute Gasteiger partial charge is 0.493 e. The Balaban J connectivity index is 2.59. The first kappa shape index (κ1) is 21.4. The summed E-state index contributed by atoms with van der Waals surface area (Å²) in [6.45, 7) is 1.66. The second-order valence-electron chi connectivity index (χ2n) is 5.74. The van der Waals surface area contributed by atoms with Crippen LogP contribution < -0.4 is 19.1 Å². The zero-order valence-corrected chi connectivity index (χ0v) is 16.6. The van der Waals surface area contributed by atoms with E-state index >= 15 is 0 Å². The van der Waals surface area contributed by atoms with Gasteiger partial charge < -0.3 is 14.8 Å². The molecule has 2 aromatic carbocycles. The van der Waals surface area contributed by atoms with Crippen molar-refractivity contribution >= 4 is 27.3 Å². The van der Waals surface area contributed by atoms with Gasteiger partial charge in [-0.2, -0.15) is 0 Å². The average molecular weight is 414 g/mol. The number of hydrogen-bond donors (Lipinski definition) is 1. The molecule has 0 fully saturated rings. The fourth-order valence-corrected chi connectivity index (χ4v) is 3.59. The van der Waals surface area contributed by atoms with Crippen LogP contribution in [0.2, 0.25) is 0 Å². The van der Waals surface area contributed by atoms with E-state index in [1.165, 1.54) is 32.4 Å². The van der Waals surface area contributed by atoms with Crippen molar-refractivity contribution in [3.8, 4) is 11.5 Å². The molecule has 0 radical (unpaired) electrons. The van der Waals surface area contributed by atoms with Gasteiger partial charge in [0.25, 0.3) is 5.91 Å². The smallest absolute Gasteiger partial charge is 0.257 e. The molecule has 0 heterocycles. The summed E-state index contributed by atoms with van der Waals surface area (Å²) < 4.78 is 62.2. The molecule has 0 aromatic heterocycles. The molecule has 1 amide bonds. The van der Waals surface area contributed by atoms with Gasteiger partial charge in [-0.1, -0.05) is 0 Å². The van der Waals surface area contributed by atoms with Gasteiger partial charge in [-0.3, -0.25) is 9.10 Å². The number of ether oxygens (including phenoxy) is 2. The van der Waals surface area contributed by atoms with E-state index in [-0.39, 0.29) is 35.0 Å². The van der Waals surface area contributed by atoms with Gasteiger partial charge in [-0.15, -0.1) is 0 Å². The van der Waals surface area contributed by atoms with Crippen LogP contribution in [0.5, 0.6) is 11.5 Å². The maximum Gasteiger partial charge on any atom is 0.257 e. The summed E-state index contributed by atoms with van der Waals surface area (Å²) in [5.74, 6) is -2.49. The Morgan fingerprint density at radius 2 is 1.68 bits per heavy atom. The van der Waals surface area contributed by atoms with E-state index in [0.717, 1.165) is 22.7 Å². The fraction of sp³-hybridized carbons (Fsp3) is 0.278. The van der Waals surface area contributed by atoms with Gasteiger partial charge in [-0.05, 0) is 25.1 Å². The molecular formula is C18H20F2N2O5S. The normalized spacial score (nSPS) is 11.1. The third-order valence-electron chi connectivity index (χ3n) is 3.88. The summed E-state index contributed by atoms with van der Waals surface area (Å²) in [7, 11) is -0.968. The van der Waals surface area contributed by atoms with Crippen molar-refractivity contribution < 1.29 is 31.5 Å². The fourth-order valence-electron chi connectivity index (χ4n) is 2.61. The lowest BCUT2D eigenvalue weighted by atomic mass is 10.1. The molecule has 0 bridgehead atoms. The molecule has 152 valence electrons. The quantitative estimate of drug-likeness (QED) is 0.753. The minimum absolute atomic E-state index is 0.00652. The highest BCUT2D eigenvalue weighted by atomic mass is 32.2. The first-order valence-electron chi connectivity index (χ1n) is 8.12. The molecule has 0 atom stereocenters. The molecule has 0 saturated carbocycles. The average Bonchev–Trinajstić information content (AvgIpc) is 2.63. The number of hydrogen-bond acceptors (Lipinski definition) is 5. The Kier molecular flexibility index (Phi) is 6.45. The maximum atomic E-state index is 13.4. The number of rotatable bonds is 7. The SMILES string of the molecule is CCN(c1cc(OC)c(OC)cc1C(=O)Nc1ccc(F)c(F)c1)S(C)(=O)=O. The van der Waals surface area contributed by atoms with Gasteiger partial charge in [0.1, 0.15) is 0 Å². The van der Waals surface area contributed by atoms with Crippen LogP contribution in [0.3, 0.4) is 0 Å². The van der Waals surface area contributed by atoms with Crippen LogP contribution in [-0.2, 0) is 10.0 Å². The van der Waals surface area contributed by atoms with Crippen LogP contribution >= 0.6 is 0 Å². The highest BCUT2D eigenvalue weighted by molar-refractivity contribution is 7.92. The van der Waals surface area contributed by atoms with E-state index in [4.69, 9.17) is 9.47 Å². The van der Waals surface area contributed by atoms with E-state index in [2.05, 4.69) is 5.32 Å². The van der Waals surface area contributed by atoms with Gasteiger partial charge in [0, 0.05) is 24.4 Å². The maximum absolute atomic E-state index is 13.4. The minimum atomic E-state index is -3.71. The van der Waals surface area contributed by atoms with Crippen molar-refractivity contribution in [2.24, 2.45) is 0 Å². The van der Waals surface area contributed by atoms with E-state index in [1.807, 2.05) is 0 Å². The Hall–Kier alpha value is -2.88. The summed E-state index contributed by atoms with van der Waals surface area (Å²) in [5, 5.41) is 2.42. The highest BCUT2D eigenvalue weighted by Gasteiger charge is 2.25. The lowest BCUT2D eigenvalue weighted by molar-refractivity contribution is 0.102. The number of methoxy groups -OCH3 is 2. The van der Waals surface area contributed by atoms with Crippen LogP contribution in [0.25, 0.3) is 0 Å². The van der Waals surface area contributed by atoms with Crippen molar-refractivity contribution in [1.82, 2.24) is 0 Å². The number of sulfonamides is 1. The number of nitrogens with one attached hydrogen (secondary N) is 1. The molecule has 10 heteroatoms. The van der Waals surface area contributed by atoms with Gasteiger partial charge in [-0.25, -0.2) is 17.2 Å². The number of carbonyl (C=O) groups excluding carboxylic acids is 1. The van der Waals surface area contributed by atoms with Gasteiger partial charge in [0.15, 0.2) is 23.1 Å². The Bertz CT molecular complexity index is 996. The Morgan fingerprint density at radius 1 is 1.07 bits per heavy atom. The Morgan fingerprint density at radius 3 is 2.18 bits per heavy atom. The first-order chi connectivity index (χ1) is 13.1. The standard InChI is InChI=1S/C18H20F2N2O5S/c1-5-22(28(4,24)25)15-10-17(27-3)16(26-2)9-12(15)18(23)21-11-6-7-13(19)14(20)8-11/h6-10H,5H2,1-4H3,(H,21,23). The van der Waals surface area contributed by atoms with E-state index in [1.54, 1.807) is 6.92 Å². The lowest BCUT2D eigenvalue weighted by Gasteiger charge is -2.24. The number of nitrogens with zero attached hydrogens (tertiary/aromatic N) is 1. The number of halogens is 2. The molecule has 7 nitrogen and oxygen atoms in total. The van der Waals surface area contributed by atoms with Crippen molar-refractivity contribution in [1.29, 1.82) is 0 Å². The van der Waals surface area contributed by atoms with Gasteiger partial charge >= 0.3 is 0 Å². The highest BCUT2D eigenvalue weighted by Crippen LogP contribution is 2.36. The topological polar surface area (TPSA) is 84.9 Å². The molecule has 2 aromatic rings. The number of benzene rings is 2. The van der Waals surface area contributed by atoms with Crippen molar-refractivity contribution in [2.45, 2.75) is 6.92 Å². The molecule has 0 aliphatic rings. The van der Waals surface area contributed by atoms with E-state index in [9.17, 15) is 22.0 Å². The van der Waals surface area contributed by atoms with Crippen molar-refractivity contribution in [3.05, 3.63) is 47.5 Å². The van der Waals surface area contributed by atoms with Gasteiger partial charge in [0.05, 0.1) is 31.7 Å². The second-order valence-corrected chi connectivity index (χ2v) is 7.64. The zero-order valence-electron chi connectivity index (χ0n) is 15.7. The van der Waals surface area contributed by atoms with Crippen LogP contribution in [0, 0.1) is 11.6 Å². The second kappa shape index (κ2) is 8.42. The van der Waals surface area contributed by atoms with Crippen LogP contribution in [0.4, 0.5) is 20.2 Å². The predicted molar refractivity (Wildman–Crippen MR) is 102 cm³/mol. The summed E-state index contributed by atoms with van der Waals surface area (Å²) >= 11 is 0. The third-order valence-corrected chi connectivity index (χ3v) is 5.14. The molecule has 28 heavy (non-hydrogen) atoms. The number of amides is 1. The molecule has 1 N–H and O–H groups in total. The van der Waals surface area contributed by atoms with Crippen LogP contribution in [-0.4, -0.2) is 41.3 Å². The minimum Gasteiger partial charge on any atom is -0.493 e. The van der Waals surface area contributed by atoms with Crippen LogP contribution in [0.1, 0.15) is 17.3 Å². The zero-order chi connectivity index (χ0) is 21.1. The summed E-state index contributed by atoms with van der Waals surface area (Å²) in [5.41, 5.74) is 0.0180. The Labute approximate surface area is 161 Å². The molecule has 0 saturated heterocycles. The molecule has 0 aliphatic carbocycles. The summed E-state index contributed by atoms with van der Waals surface area (Å²) in [4.78, 5) is 12.8. The summed E-state index contributed by atoms with van der Waals surface area (Å²) in [6.07, 6.45) is 1.00. The van der Waals surface area contributed by atoms with E-state index in [0.29, 0.717) is 0 Å². The number of carbonyl (C=O) groups is 1. The lowest BCUT2D eigenvalue weighted by Crippen LogP contribution is -2.31. The molecule has 0 unspecified atom stereocenters.